The molecule has 1 fully saturated rings. The SMILES string of the molecule is O=C(CNCC1CC1)NCC(O)c1ccccc1. The van der Waals surface area contributed by atoms with Gasteiger partial charge in [0.25, 0.3) is 0 Å². The van der Waals surface area contributed by atoms with Gasteiger partial charge in [0.1, 0.15) is 0 Å². The van der Waals surface area contributed by atoms with Crippen LogP contribution in [0.5, 0.6) is 0 Å². The summed E-state index contributed by atoms with van der Waals surface area (Å²) in [6, 6.07) is 9.34. The second-order valence-electron chi connectivity index (χ2n) is 4.80. The molecule has 1 atom stereocenters. The average molecular weight is 248 g/mol. The number of hydrogen-bond donors (Lipinski definition) is 3. The first kappa shape index (κ1) is 13.1. The summed E-state index contributed by atoms with van der Waals surface area (Å²) in [6.45, 7) is 1.51. The van der Waals surface area contributed by atoms with Gasteiger partial charge in [-0.1, -0.05) is 30.3 Å². The molecule has 1 aromatic rings. The average Bonchev–Trinajstić information content (AvgIpc) is 3.21. The van der Waals surface area contributed by atoms with Crippen LogP contribution in [0.3, 0.4) is 0 Å². The van der Waals surface area contributed by atoms with Crippen molar-refractivity contribution < 1.29 is 9.90 Å². The van der Waals surface area contributed by atoms with Crippen LogP contribution in [-0.2, 0) is 4.79 Å². The van der Waals surface area contributed by atoms with Crippen molar-refractivity contribution in [1.29, 1.82) is 0 Å². The molecule has 0 radical (unpaired) electrons. The molecule has 18 heavy (non-hydrogen) atoms. The Morgan fingerprint density at radius 2 is 2.06 bits per heavy atom. The number of rotatable bonds is 7. The summed E-state index contributed by atoms with van der Waals surface area (Å²) in [5.41, 5.74) is 0.823. The van der Waals surface area contributed by atoms with Gasteiger partial charge in [-0.2, -0.15) is 0 Å². The van der Waals surface area contributed by atoms with Gasteiger partial charge in [0.15, 0.2) is 0 Å². The van der Waals surface area contributed by atoms with Crippen molar-refractivity contribution >= 4 is 5.91 Å². The highest BCUT2D eigenvalue weighted by Crippen LogP contribution is 2.27. The first-order valence-electron chi connectivity index (χ1n) is 6.46. The maximum absolute atomic E-state index is 11.5. The van der Waals surface area contributed by atoms with Gasteiger partial charge in [0, 0.05) is 6.54 Å². The van der Waals surface area contributed by atoms with Gasteiger partial charge < -0.3 is 15.7 Å². The summed E-state index contributed by atoms with van der Waals surface area (Å²) in [5, 5.41) is 15.7. The van der Waals surface area contributed by atoms with Crippen LogP contribution in [0, 0.1) is 5.92 Å². The predicted molar refractivity (Wildman–Crippen MR) is 70.0 cm³/mol. The van der Waals surface area contributed by atoms with Crippen molar-refractivity contribution in [2.45, 2.75) is 18.9 Å². The Labute approximate surface area is 107 Å². The van der Waals surface area contributed by atoms with Crippen LogP contribution < -0.4 is 10.6 Å². The minimum Gasteiger partial charge on any atom is -0.387 e. The number of aliphatic hydroxyl groups is 1. The topological polar surface area (TPSA) is 61.4 Å². The van der Waals surface area contributed by atoms with Crippen molar-refractivity contribution in [3.63, 3.8) is 0 Å². The second-order valence-corrected chi connectivity index (χ2v) is 4.80. The molecule has 1 saturated carbocycles. The van der Waals surface area contributed by atoms with Crippen LogP contribution in [0.4, 0.5) is 0 Å². The standard InChI is InChI=1S/C14H20N2O2/c17-13(12-4-2-1-3-5-12)9-16-14(18)10-15-8-11-6-7-11/h1-5,11,13,15,17H,6-10H2,(H,16,18). The third-order valence-corrected chi connectivity index (χ3v) is 3.09. The monoisotopic (exact) mass is 248 g/mol. The van der Waals surface area contributed by atoms with Crippen LogP contribution >= 0.6 is 0 Å². The minimum atomic E-state index is -0.640. The number of nitrogens with one attached hydrogen (secondary N) is 2. The van der Waals surface area contributed by atoms with Gasteiger partial charge in [-0.25, -0.2) is 0 Å². The molecule has 4 heteroatoms. The summed E-state index contributed by atoms with van der Waals surface area (Å²) >= 11 is 0. The molecule has 0 saturated heterocycles. The van der Waals surface area contributed by atoms with E-state index in [2.05, 4.69) is 10.6 Å². The molecule has 1 amide bonds. The lowest BCUT2D eigenvalue weighted by atomic mass is 10.1. The molecule has 1 aliphatic rings. The Bertz CT molecular complexity index is 377. The third-order valence-electron chi connectivity index (χ3n) is 3.09. The van der Waals surface area contributed by atoms with E-state index in [1.165, 1.54) is 12.8 Å². The molecule has 0 bridgehead atoms. The molecule has 2 rings (SSSR count). The van der Waals surface area contributed by atoms with E-state index in [9.17, 15) is 9.90 Å². The zero-order chi connectivity index (χ0) is 12.8. The fourth-order valence-corrected chi connectivity index (χ4v) is 1.78. The molecular weight excluding hydrogens is 228 g/mol. The third kappa shape index (κ3) is 4.47. The van der Waals surface area contributed by atoms with Crippen LogP contribution in [0.15, 0.2) is 30.3 Å². The van der Waals surface area contributed by atoms with Crippen LogP contribution in [0.1, 0.15) is 24.5 Å². The molecule has 0 aromatic heterocycles. The quantitative estimate of drug-likeness (QED) is 0.670. The number of carbonyl (C=O) groups excluding carboxylic acids is 1. The van der Waals surface area contributed by atoms with E-state index in [-0.39, 0.29) is 12.5 Å². The number of carbonyl (C=O) groups is 1. The van der Waals surface area contributed by atoms with E-state index in [1.807, 2.05) is 30.3 Å². The lowest BCUT2D eigenvalue weighted by Gasteiger charge is -2.12. The number of aliphatic hydroxyl groups excluding tert-OH is 1. The van der Waals surface area contributed by atoms with E-state index < -0.39 is 6.10 Å². The summed E-state index contributed by atoms with van der Waals surface area (Å²) in [7, 11) is 0. The summed E-state index contributed by atoms with van der Waals surface area (Å²) in [4.78, 5) is 11.5. The van der Waals surface area contributed by atoms with Crippen molar-refractivity contribution in [3.8, 4) is 0 Å². The van der Waals surface area contributed by atoms with Crippen molar-refractivity contribution in [1.82, 2.24) is 10.6 Å². The fraction of sp³-hybridized carbons (Fsp3) is 0.500. The fourth-order valence-electron chi connectivity index (χ4n) is 1.78. The summed E-state index contributed by atoms with van der Waals surface area (Å²) in [5.74, 6) is 0.707. The van der Waals surface area contributed by atoms with E-state index >= 15 is 0 Å². The molecule has 3 N–H and O–H groups in total. The number of amides is 1. The van der Waals surface area contributed by atoms with Gasteiger partial charge in [0.05, 0.1) is 12.6 Å². The lowest BCUT2D eigenvalue weighted by Crippen LogP contribution is -2.36. The minimum absolute atomic E-state index is 0.0642. The Balaban J connectivity index is 1.62. The van der Waals surface area contributed by atoms with E-state index in [0.29, 0.717) is 6.54 Å². The van der Waals surface area contributed by atoms with E-state index in [0.717, 1.165) is 18.0 Å². The first-order chi connectivity index (χ1) is 8.75. The normalized spacial score (nSPS) is 16.3. The Morgan fingerprint density at radius 1 is 1.33 bits per heavy atom. The molecule has 1 unspecified atom stereocenters. The van der Waals surface area contributed by atoms with Gasteiger partial charge in [-0.05, 0) is 30.9 Å². The summed E-state index contributed by atoms with van der Waals surface area (Å²) in [6.07, 6.45) is 1.92. The Kier molecular flexibility index (Phi) is 4.73. The van der Waals surface area contributed by atoms with E-state index in [1.54, 1.807) is 0 Å². The zero-order valence-electron chi connectivity index (χ0n) is 10.4. The van der Waals surface area contributed by atoms with Gasteiger partial charge >= 0.3 is 0 Å². The molecular formula is C14H20N2O2. The van der Waals surface area contributed by atoms with Gasteiger partial charge in [0.2, 0.25) is 5.91 Å². The molecule has 0 aliphatic heterocycles. The maximum Gasteiger partial charge on any atom is 0.234 e. The summed E-state index contributed by atoms with van der Waals surface area (Å²) < 4.78 is 0. The van der Waals surface area contributed by atoms with Crippen molar-refractivity contribution in [3.05, 3.63) is 35.9 Å². The molecule has 4 nitrogen and oxygen atoms in total. The maximum atomic E-state index is 11.5. The zero-order valence-corrected chi connectivity index (χ0v) is 10.4. The first-order valence-corrected chi connectivity index (χ1v) is 6.46. The van der Waals surface area contributed by atoms with Crippen molar-refractivity contribution in [2.75, 3.05) is 19.6 Å². The second kappa shape index (κ2) is 6.52. The van der Waals surface area contributed by atoms with Crippen LogP contribution in [0.2, 0.25) is 0 Å². The van der Waals surface area contributed by atoms with E-state index in [4.69, 9.17) is 0 Å². The highest BCUT2D eigenvalue weighted by molar-refractivity contribution is 5.78. The lowest BCUT2D eigenvalue weighted by molar-refractivity contribution is -0.120. The number of hydrogen-bond acceptors (Lipinski definition) is 3. The Morgan fingerprint density at radius 3 is 2.72 bits per heavy atom. The van der Waals surface area contributed by atoms with Crippen LogP contribution in [0.25, 0.3) is 0 Å². The van der Waals surface area contributed by atoms with Gasteiger partial charge in [-0.15, -0.1) is 0 Å². The predicted octanol–water partition coefficient (Wildman–Crippen LogP) is 0.836. The smallest absolute Gasteiger partial charge is 0.234 e. The molecule has 0 spiro atoms. The van der Waals surface area contributed by atoms with Crippen molar-refractivity contribution in [2.24, 2.45) is 5.92 Å². The van der Waals surface area contributed by atoms with Gasteiger partial charge in [-0.3, -0.25) is 4.79 Å². The molecule has 0 heterocycles. The largest absolute Gasteiger partial charge is 0.387 e. The van der Waals surface area contributed by atoms with Crippen LogP contribution in [-0.4, -0.2) is 30.6 Å². The Hall–Kier alpha value is -1.39. The molecule has 1 aromatic carbocycles. The number of benzene rings is 1. The molecule has 98 valence electrons. The highest BCUT2D eigenvalue weighted by atomic mass is 16.3. The highest BCUT2D eigenvalue weighted by Gasteiger charge is 2.20. The molecule has 1 aliphatic carbocycles.